The van der Waals surface area contributed by atoms with Gasteiger partial charge in [0, 0.05) is 37.3 Å². The SMILES string of the molecule is O=C(CC1CCN(c2cncc(OC[C@@H]3CCCN3)c2)CC1)Nc1ccccc1. The lowest BCUT2D eigenvalue weighted by Gasteiger charge is -2.33. The second kappa shape index (κ2) is 9.74. The summed E-state index contributed by atoms with van der Waals surface area (Å²) < 4.78 is 5.95. The van der Waals surface area contributed by atoms with Crippen LogP contribution in [0.25, 0.3) is 0 Å². The number of ether oxygens (including phenoxy) is 1. The van der Waals surface area contributed by atoms with E-state index in [0.717, 1.165) is 49.6 Å². The van der Waals surface area contributed by atoms with Gasteiger partial charge in [0.05, 0.1) is 18.1 Å². The van der Waals surface area contributed by atoms with Crippen LogP contribution in [0.4, 0.5) is 11.4 Å². The zero-order valence-electron chi connectivity index (χ0n) is 16.8. The minimum Gasteiger partial charge on any atom is -0.490 e. The van der Waals surface area contributed by atoms with Crippen LogP contribution >= 0.6 is 0 Å². The van der Waals surface area contributed by atoms with Crippen molar-refractivity contribution in [3.63, 3.8) is 0 Å². The molecule has 2 aliphatic heterocycles. The molecule has 1 aromatic heterocycles. The molecular weight excluding hydrogens is 364 g/mol. The highest BCUT2D eigenvalue weighted by molar-refractivity contribution is 5.90. The summed E-state index contributed by atoms with van der Waals surface area (Å²) in [6, 6.07) is 12.2. The summed E-state index contributed by atoms with van der Waals surface area (Å²) in [5.74, 6) is 1.36. The summed E-state index contributed by atoms with van der Waals surface area (Å²) in [7, 11) is 0. The van der Waals surface area contributed by atoms with Gasteiger partial charge in [0.1, 0.15) is 12.4 Å². The number of nitrogens with one attached hydrogen (secondary N) is 2. The van der Waals surface area contributed by atoms with Crippen molar-refractivity contribution >= 4 is 17.3 Å². The van der Waals surface area contributed by atoms with Gasteiger partial charge in [-0.1, -0.05) is 18.2 Å². The first-order valence-electron chi connectivity index (χ1n) is 10.7. The van der Waals surface area contributed by atoms with E-state index >= 15 is 0 Å². The summed E-state index contributed by atoms with van der Waals surface area (Å²) >= 11 is 0. The number of para-hydroxylation sites is 1. The van der Waals surface area contributed by atoms with E-state index in [0.29, 0.717) is 25.0 Å². The van der Waals surface area contributed by atoms with Gasteiger partial charge in [0.25, 0.3) is 0 Å². The first-order chi connectivity index (χ1) is 14.3. The Hall–Kier alpha value is -2.60. The molecule has 1 amide bonds. The number of carbonyl (C=O) groups is 1. The van der Waals surface area contributed by atoms with Gasteiger partial charge in [-0.25, -0.2) is 0 Å². The molecule has 6 heteroatoms. The van der Waals surface area contributed by atoms with Crippen molar-refractivity contribution < 1.29 is 9.53 Å². The van der Waals surface area contributed by atoms with Crippen LogP contribution in [-0.4, -0.2) is 43.2 Å². The first-order valence-corrected chi connectivity index (χ1v) is 10.7. The Morgan fingerprint density at radius 3 is 2.76 bits per heavy atom. The lowest BCUT2D eigenvalue weighted by molar-refractivity contribution is -0.117. The van der Waals surface area contributed by atoms with Crippen molar-refractivity contribution in [1.82, 2.24) is 10.3 Å². The Morgan fingerprint density at radius 1 is 1.17 bits per heavy atom. The van der Waals surface area contributed by atoms with Crippen molar-refractivity contribution in [3.8, 4) is 5.75 Å². The average Bonchev–Trinajstić information content (AvgIpc) is 3.27. The van der Waals surface area contributed by atoms with Crippen molar-refractivity contribution in [2.75, 3.05) is 36.5 Å². The largest absolute Gasteiger partial charge is 0.490 e. The Morgan fingerprint density at radius 2 is 2.00 bits per heavy atom. The maximum absolute atomic E-state index is 12.3. The minimum absolute atomic E-state index is 0.104. The quantitative estimate of drug-likeness (QED) is 0.753. The Balaban J connectivity index is 1.23. The van der Waals surface area contributed by atoms with E-state index in [1.807, 2.05) is 36.5 Å². The van der Waals surface area contributed by atoms with Gasteiger partial charge in [-0.3, -0.25) is 9.78 Å². The lowest BCUT2D eigenvalue weighted by atomic mass is 9.93. The van der Waals surface area contributed by atoms with Crippen LogP contribution < -0.4 is 20.3 Å². The molecule has 2 saturated heterocycles. The van der Waals surface area contributed by atoms with Crippen molar-refractivity contribution in [2.24, 2.45) is 5.92 Å². The molecule has 29 heavy (non-hydrogen) atoms. The summed E-state index contributed by atoms with van der Waals surface area (Å²) in [5.41, 5.74) is 1.97. The summed E-state index contributed by atoms with van der Waals surface area (Å²) in [5, 5.41) is 6.44. The van der Waals surface area contributed by atoms with E-state index in [1.165, 1.54) is 12.8 Å². The molecule has 2 aromatic rings. The molecule has 2 fully saturated rings. The van der Waals surface area contributed by atoms with Crippen LogP contribution in [0.3, 0.4) is 0 Å². The number of nitrogens with zero attached hydrogens (tertiary/aromatic N) is 2. The van der Waals surface area contributed by atoms with E-state index in [2.05, 4.69) is 26.6 Å². The normalized spacial score (nSPS) is 19.9. The van der Waals surface area contributed by atoms with Crippen LogP contribution in [0.15, 0.2) is 48.8 Å². The summed E-state index contributed by atoms with van der Waals surface area (Å²) in [6.07, 6.45) is 8.71. The number of rotatable bonds is 7. The third-order valence-corrected chi connectivity index (χ3v) is 5.82. The van der Waals surface area contributed by atoms with Crippen molar-refractivity contribution in [3.05, 3.63) is 48.8 Å². The molecule has 3 heterocycles. The number of carbonyl (C=O) groups excluding carboxylic acids is 1. The number of pyridine rings is 1. The fourth-order valence-electron chi connectivity index (χ4n) is 4.15. The first kappa shape index (κ1) is 19.7. The lowest BCUT2D eigenvalue weighted by Crippen LogP contribution is -2.35. The Kier molecular flexibility index (Phi) is 6.62. The third kappa shape index (κ3) is 5.70. The van der Waals surface area contributed by atoms with Gasteiger partial charge in [-0.15, -0.1) is 0 Å². The van der Waals surface area contributed by atoms with E-state index in [-0.39, 0.29) is 5.91 Å². The van der Waals surface area contributed by atoms with E-state index in [9.17, 15) is 4.79 Å². The Bertz CT molecular complexity index is 784. The van der Waals surface area contributed by atoms with Gasteiger partial charge in [-0.05, 0) is 50.3 Å². The minimum atomic E-state index is 0.104. The van der Waals surface area contributed by atoms with Gasteiger partial charge >= 0.3 is 0 Å². The Labute approximate surface area is 172 Å². The predicted molar refractivity (Wildman–Crippen MR) is 115 cm³/mol. The number of hydrogen-bond acceptors (Lipinski definition) is 5. The molecule has 0 unspecified atom stereocenters. The second-order valence-corrected chi connectivity index (χ2v) is 8.03. The van der Waals surface area contributed by atoms with E-state index in [1.54, 1.807) is 6.20 Å². The number of aromatic nitrogens is 1. The third-order valence-electron chi connectivity index (χ3n) is 5.82. The number of anilines is 2. The molecule has 0 spiro atoms. The van der Waals surface area contributed by atoms with Crippen LogP contribution in [0.5, 0.6) is 5.75 Å². The standard InChI is InChI=1S/C23H30N4O2/c28-23(26-19-5-2-1-3-6-19)13-18-8-11-27(12-9-18)21-14-22(16-24-15-21)29-17-20-7-4-10-25-20/h1-3,5-6,14-16,18,20,25H,4,7-13,17H2,(H,26,28)/t20-/m0/s1. The summed E-state index contributed by atoms with van der Waals surface area (Å²) in [4.78, 5) is 19.0. The number of piperidine rings is 1. The highest BCUT2D eigenvalue weighted by Crippen LogP contribution is 2.27. The van der Waals surface area contributed by atoms with Crippen LogP contribution in [0.1, 0.15) is 32.1 Å². The number of hydrogen-bond donors (Lipinski definition) is 2. The van der Waals surface area contributed by atoms with Crippen LogP contribution in [0.2, 0.25) is 0 Å². The van der Waals surface area contributed by atoms with Crippen molar-refractivity contribution in [2.45, 2.75) is 38.1 Å². The van der Waals surface area contributed by atoms with Gasteiger partial charge in [0.2, 0.25) is 5.91 Å². The fraction of sp³-hybridized carbons (Fsp3) is 0.478. The van der Waals surface area contributed by atoms with Gasteiger partial charge in [0.15, 0.2) is 0 Å². The highest BCUT2D eigenvalue weighted by atomic mass is 16.5. The molecular formula is C23H30N4O2. The molecule has 0 bridgehead atoms. The van der Waals surface area contributed by atoms with E-state index < -0.39 is 0 Å². The molecule has 0 radical (unpaired) electrons. The van der Waals surface area contributed by atoms with Crippen LogP contribution in [-0.2, 0) is 4.79 Å². The fourth-order valence-corrected chi connectivity index (χ4v) is 4.15. The maximum atomic E-state index is 12.3. The number of amides is 1. The van der Waals surface area contributed by atoms with Gasteiger partial charge < -0.3 is 20.3 Å². The monoisotopic (exact) mass is 394 g/mol. The average molecular weight is 395 g/mol. The molecule has 1 aromatic carbocycles. The number of benzene rings is 1. The second-order valence-electron chi connectivity index (χ2n) is 8.03. The topological polar surface area (TPSA) is 66.5 Å². The molecule has 4 rings (SSSR count). The molecule has 0 aliphatic carbocycles. The smallest absolute Gasteiger partial charge is 0.224 e. The molecule has 2 aliphatic rings. The molecule has 154 valence electrons. The zero-order chi connectivity index (χ0) is 19.9. The molecule has 2 N–H and O–H groups in total. The molecule has 6 nitrogen and oxygen atoms in total. The summed E-state index contributed by atoms with van der Waals surface area (Å²) in [6.45, 7) is 3.67. The molecule has 0 saturated carbocycles. The van der Waals surface area contributed by atoms with Crippen LogP contribution in [0, 0.1) is 5.92 Å². The maximum Gasteiger partial charge on any atom is 0.224 e. The highest BCUT2D eigenvalue weighted by Gasteiger charge is 2.22. The molecule has 1 atom stereocenters. The predicted octanol–water partition coefficient (Wildman–Crippen LogP) is 3.46. The zero-order valence-corrected chi connectivity index (χ0v) is 16.8. The van der Waals surface area contributed by atoms with Crippen molar-refractivity contribution in [1.29, 1.82) is 0 Å². The van der Waals surface area contributed by atoms with E-state index in [4.69, 9.17) is 4.74 Å². The van der Waals surface area contributed by atoms with Gasteiger partial charge in [-0.2, -0.15) is 0 Å².